The highest BCUT2D eigenvalue weighted by molar-refractivity contribution is 5.79. The molecule has 3 rings (SSSR count). The molecule has 1 aliphatic heterocycles. The average molecular weight is 325 g/mol. The lowest BCUT2D eigenvalue weighted by atomic mass is 10.0. The van der Waals surface area contributed by atoms with Gasteiger partial charge in [-0.25, -0.2) is 0 Å². The zero-order valence-corrected chi connectivity index (χ0v) is 14.4. The Labute approximate surface area is 142 Å². The molecule has 1 aliphatic rings. The quantitative estimate of drug-likeness (QED) is 0.936. The van der Waals surface area contributed by atoms with Gasteiger partial charge in [-0.15, -0.1) is 0 Å². The van der Waals surface area contributed by atoms with Gasteiger partial charge >= 0.3 is 0 Å². The third kappa shape index (κ3) is 3.70. The van der Waals surface area contributed by atoms with Crippen LogP contribution in [0.15, 0.2) is 36.4 Å². The van der Waals surface area contributed by atoms with Gasteiger partial charge in [0, 0.05) is 0 Å². The minimum Gasteiger partial charge on any atom is -0.486 e. The van der Waals surface area contributed by atoms with Crippen LogP contribution in [-0.4, -0.2) is 19.1 Å². The molecule has 0 aliphatic carbocycles. The summed E-state index contributed by atoms with van der Waals surface area (Å²) < 4.78 is 11.1. The molecule has 2 aromatic rings. The lowest BCUT2D eigenvalue weighted by Gasteiger charge is -2.21. The maximum absolute atomic E-state index is 12.4. The molecule has 1 atom stereocenters. The van der Waals surface area contributed by atoms with E-state index in [1.165, 1.54) is 5.56 Å². The second-order valence-electron chi connectivity index (χ2n) is 6.30. The number of amides is 1. The smallest absolute Gasteiger partial charge is 0.224 e. The predicted octanol–water partition coefficient (Wildman–Crippen LogP) is 3.49. The van der Waals surface area contributed by atoms with Gasteiger partial charge < -0.3 is 14.8 Å². The maximum Gasteiger partial charge on any atom is 0.224 e. The molecule has 0 fully saturated rings. The van der Waals surface area contributed by atoms with Gasteiger partial charge in [0.05, 0.1) is 12.5 Å². The summed E-state index contributed by atoms with van der Waals surface area (Å²) in [6.07, 6.45) is 0.390. The van der Waals surface area contributed by atoms with Crippen molar-refractivity contribution >= 4 is 5.91 Å². The van der Waals surface area contributed by atoms with Gasteiger partial charge in [0.15, 0.2) is 11.5 Å². The summed E-state index contributed by atoms with van der Waals surface area (Å²) in [6, 6.07) is 11.9. The first-order valence-corrected chi connectivity index (χ1v) is 8.28. The van der Waals surface area contributed by atoms with Gasteiger partial charge in [-0.05, 0) is 49.6 Å². The van der Waals surface area contributed by atoms with Crippen LogP contribution in [0.4, 0.5) is 0 Å². The number of fused-ring (bicyclic) bond motifs is 1. The van der Waals surface area contributed by atoms with Crippen LogP contribution in [0.25, 0.3) is 0 Å². The molecule has 24 heavy (non-hydrogen) atoms. The van der Waals surface area contributed by atoms with Crippen molar-refractivity contribution in [3.63, 3.8) is 0 Å². The molecular weight excluding hydrogens is 302 g/mol. The Kier molecular flexibility index (Phi) is 4.74. The van der Waals surface area contributed by atoms with E-state index in [0.717, 1.165) is 28.2 Å². The van der Waals surface area contributed by atoms with E-state index in [4.69, 9.17) is 9.47 Å². The van der Waals surface area contributed by atoms with E-state index >= 15 is 0 Å². The van der Waals surface area contributed by atoms with E-state index in [2.05, 4.69) is 18.3 Å². The number of benzene rings is 2. The van der Waals surface area contributed by atoms with Gasteiger partial charge in [0.1, 0.15) is 13.2 Å². The third-order valence-electron chi connectivity index (χ3n) is 4.29. The van der Waals surface area contributed by atoms with Crippen molar-refractivity contribution in [3.8, 4) is 11.5 Å². The molecular formula is C20H23NO3. The molecule has 1 heterocycles. The molecule has 0 spiro atoms. The first-order chi connectivity index (χ1) is 11.5. The maximum atomic E-state index is 12.4. The normalized spacial score (nSPS) is 14.1. The van der Waals surface area contributed by atoms with Crippen LogP contribution in [-0.2, 0) is 11.2 Å². The lowest BCUT2D eigenvalue weighted by Crippen LogP contribution is -2.28. The third-order valence-corrected chi connectivity index (χ3v) is 4.29. The zero-order valence-electron chi connectivity index (χ0n) is 14.4. The minimum absolute atomic E-state index is 0.0179. The minimum atomic E-state index is -0.0842. The van der Waals surface area contributed by atoms with E-state index < -0.39 is 0 Å². The van der Waals surface area contributed by atoms with Crippen molar-refractivity contribution in [3.05, 3.63) is 58.7 Å². The van der Waals surface area contributed by atoms with Crippen molar-refractivity contribution in [1.29, 1.82) is 0 Å². The van der Waals surface area contributed by atoms with Crippen LogP contribution >= 0.6 is 0 Å². The Morgan fingerprint density at radius 2 is 1.83 bits per heavy atom. The number of nitrogens with one attached hydrogen (secondary N) is 1. The first kappa shape index (κ1) is 16.4. The second kappa shape index (κ2) is 6.95. The molecule has 1 N–H and O–H groups in total. The fraction of sp³-hybridized carbons (Fsp3) is 0.350. The van der Waals surface area contributed by atoms with Gasteiger partial charge in [-0.1, -0.05) is 29.8 Å². The topological polar surface area (TPSA) is 47.6 Å². The first-order valence-electron chi connectivity index (χ1n) is 8.28. The average Bonchev–Trinajstić information content (AvgIpc) is 2.57. The number of hydrogen-bond donors (Lipinski definition) is 1. The summed E-state index contributed by atoms with van der Waals surface area (Å²) >= 11 is 0. The van der Waals surface area contributed by atoms with E-state index in [1.54, 1.807) is 0 Å². The molecule has 1 amide bonds. The summed E-state index contributed by atoms with van der Waals surface area (Å²) in [5.41, 5.74) is 4.43. The summed E-state index contributed by atoms with van der Waals surface area (Å²) in [5, 5.41) is 3.06. The van der Waals surface area contributed by atoms with Gasteiger partial charge in [-0.2, -0.15) is 0 Å². The highest BCUT2D eigenvalue weighted by Gasteiger charge is 2.16. The van der Waals surface area contributed by atoms with Crippen molar-refractivity contribution < 1.29 is 14.3 Å². The Morgan fingerprint density at radius 1 is 1.08 bits per heavy atom. The molecule has 0 saturated carbocycles. The fourth-order valence-electron chi connectivity index (χ4n) is 2.92. The Morgan fingerprint density at radius 3 is 2.58 bits per heavy atom. The Balaban J connectivity index is 1.65. The van der Waals surface area contributed by atoms with Crippen LogP contribution in [0, 0.1) is 13.8 Å². The molecule has 4 nitrogen and oxygen atoms in total. The van der Waals surface area contributed by atoms with Gasteiger partial charge in [-0.3, -0.25) is 4.79 Å². The van der Waals surface area contributed by atoms with Crippen molar-refractivity contribution in [2.45, 2.75) is 33.2 Å². The highest BCUT2D eigenvalue weighted by Crippen LogP contribution is 2.32. The number of hydrogen-bond acceptors (Lipinski definition) is 3. The molecule has 0 unspecified atom stereocenters. The van der Waals surface area contributed by atoms with E-state index in [-0.39, 0.29) is 11.9 Å². The second-order valence-corrected chi connectivity index (χ2v) is 6.30. The molecule has 4 heteroatoms. The van der Waals surface area contributed by atoms with Crippen LogP contribution < -0.4 is 14.8 Å². The molecule has 0 saturated heterocycles. The number of aryl methyl sites for hydroxylation is 2. The van der Waals surface area contributed by atoms with Crippen LogP contribution in [0.3, 0.4) is 0 Å². The molecule has 2 aromatic carbocycles. The fourth-order valence-corrected chi connectivity index (χ4v) is 2.92. The van der Waals surface area contributed by atoms with Gasteiger partial charge in [0.25, 0.3) is 0 Å². The number of ether oxygens (including phenoxy) is 2. The number of carbonyl (C=O) groups is 1. The van der Waals surface area contributed by atoms with E-state index in [0.29, 0.717) is 19.6 Å². The molecule has 0 aromatic heterocycles. The number of rotatable bonds is 4. The number of carbonyl (C=O) groups excluding carboxylic acids is 1. The zero-order chi connectivity index (χ0) is 17.1. The highest BCUT2D eigenvalue weighted by atomic mass is 16.6. The molecule has 126 valence electrons. The summed E-state index contributed by atoms with van der Waals surface area (Å²) in [5.74, 6) is 1.53. The van der Waals surface area contributed by atoms with Crippen LogP contribution in [0.5, 0.6) is 11.5 Å². The molecule has 0 bridgehead atoms. The Hall–Kier alpha value is -2.49. The summed E-state index contributed by atoms with van der Waals surface area (Å²) in [7, 11) is 0. The largest absolute Gasteiger partial charge is 0.486 e. The van der Waals surface area contributed by atoms with Crippen molar-refractivity contribution in [2.75, 3.05) is 13.2 Å². The van der Waals surface area contributed by atoms with E-state index in [1.807, 2.05) is 44.2 Å². The van der Waals surface area contributed by atoms with Crippen LogP contribution in [0.2, 0.25) is 0 Å². The molecule has 0 radical (unpaired) electrons. The van der Waals surface area contributed by atoms with Crippen LogP contribution in [0.1, 0.15) is 35.2 Å². The van der Waals surface area contributed by atoms with Gasteiger partial charge in [0.2, 0.25) is 5.91 Å². The summed E-state index contributed by atoms with van der Waals surface area (Å²) in [4.78, 5) is 12.4. The standard InChI is InChI=1S/C20H23NO3/c1-13-4-5-16(14(2)10-13)12-20(22)21-15(3)17-6-7-18-19(11-17)24-9-8-23-18/h4-7,10-11,15H,8-9,12H2,1-3H3,(H,21,22)/t15-/m0/s1. The van der Waals surface area contributed by atoms with Crippen molar-refractivity contribution in [2.24, 2.45) is 0 Å². The SMILES string of the molecule is Cc1ccc(CC(=O)N[C@@H](C)c2ccc3c(c2)OCCO3)c(C)c1. The lowest BCUT2D eigenvalue weighted by molar-refractivity contribution is -0.121. The summed E-state index contributed by atoms with van der Waals surface area (Å²) in [6.45, 7) is 7.21. The predicted molar refractivity (Wildman–Crippen MR) is 93.6 cm³/mol. The van der Waals surface area contributed by atoms with E-state index in [9.17, 15) is 4.79 Å². The van der Waals surface area contributed by atoms with Crippen molar-refractivity contribution in [1.82, 2.24) is 5.32 Å². The Bertz CT molecular complexity index is 755. The monoisotopic (exact) mass is 325 g/mol.